The first kappa shape index (κ1) is 13.4. The lowest BCUT2D eigenvalue weighted by atomic mass is 10.2. The average molecular weight is 471 g/mol. The zero-order chi connectivity index (χ0) is 12.4. The molecular weight excluding hydrogens is 461 g/mol. The highest BCUT2D eigenvalue weighted by Gasteiger charge is 2.11. The Labute approximate surface area is 131 Å². The number of anilines is 1. The lowest BCUT2D eigenvalue weighted by Crippen LogP contribution is -2.06. The van der Waals surface area contributed by atoms with Crippen LogP contribution in [0.4, 0.5) is 5.69 Å². The third-order valence-corrected chi connectivity index (χ3v) is 4.08. The number of furan rings is 1. The van der Waals surface area contributed by atoms with Crippen molar-refractivity contribution >= 4 is 60.1 Å². The molecule has 2 nitrogen and oxygen atoms in total. The summed E-state index contributed by atoms with van der Waals surface area (Å²) in [5.74, 6) is 0.905. The summed E-state index contributed by atoms with van der Waals surface area (Å²) < 4.78 is 8.53. The maximum atomic E-state index is 5.52. The van der Waals surface area contributed by atoms with Crippen molar-refractivity contribution in [1.29, 1.82) is 0 Å². The van der Waals surface area contributed by atoms with Crippen LogP contribution in [-0.4, -0.2) is 0 Å². The van der Waals surface area contributed by atoms with Crippen LogP contribution in [0.3, 0.4) is 0 Å². The number of hydrogen-bond donors (Lipinski definition) is 1. The van der Waals surface area contributed by atoms with Gasteiger partial charge in [0, 0.05) is 13.7 Å². The zero-order valence-corrected chi connectivity index (χ0v) is 14.3. The van der Waals surface area contributed by atoms with Crippen molar-refractivity contribution < 1.29 is 4.42 Å². The molecule has 0 amide bonds. The van der Waals surface area contributed by atoms with E-state index in [9.17, 15) is 0 Å². The summed E-state index contributed by atoms with van der Waals surface area (Å²) in [4.78, 5) is 0. The molecule has 1 aromatic carbocycles. The van der Waals surface area contributed by atoms with Gasteiger partial charge in [0.05, 0.1) is 6.04 Å². The molecule has 90 valence electrons. The van der Waals surface area contributed by atoms with E-state index in [1.54, 1.807) is 0 Å². The van der Waals surface area contributed by atoms with Gasteiger partial charge in [-0.15, -0.1) is 0 Å². The summed E-state index contributed by atoms with van der Waals surface area (Å²) in [5, 5.41) is 3.40. The fourth-order valence-electron chi connectivity index (χ4n) is 1.47. The van der Waals surface area contributed by atoms with Crippen molar-refractivity contribution in [3.05, 3.63) is 48.8 Å². The van der Waals surface area contributed by atoms with Crippen molar-refractivity contribution in [1.82, 2.24) is 0 Å². The second-order valence-electron chi connectivity index (χ2n) is 3.63. The van der Waals surface area contributed by atoms with E-state index in [-0.39, 0.29) is 6.04 Å². The van der Waals surface area contributed by atoms with Gasteiger partial charge in [-0.1, -0.05) is 0 Å². The smallest absolute Gasteiger partial charge is 0.169 e. The largest absolute Gasteiger partial charge is 0.452 e. The van der Waals surface area contributed by atoms with Crippen LogP contribution in [0.25, 0.3) is 0 Å². The molecule has 1 atom stereocenters. The van der Waals surface area contributed by atoms with Crippen molar-refractivity contribution in [2.24, 2.45) is 0 Å². The Bertz CT molecular complexity index is 527. The van der Waals surface area contributed by atoms with Crippen LogP contribution >= 0.6 is 54.5 Å². The Morgan fingerprint density at radius 3 is 2.59 bits per heavy atom. The summed E-state index contributed by atoms with van der Waals surface area (Å²) in [5.41, 5.74) is 1.06. The Morgan fingerprint density at radius 1 is 1.24 bits per heavy atom. The second kappa shape index (κ2) is 5.75. The summed E-state index contributed by atoms with van der Waals surface area (Å²) in [6.07, 6.45) is 0. The molecule has 0 radical (unpaired) electrons. The van der Waals surface area contributed by atoms with E-state index in [0.29, 0.717) is 0 Å². The summed E-state index contributed by atoms with van der Waals surface area (Å²) in [6, 6.07) is 10.2. The molecule has 0 spiro atoms. The van der Waals surface area contributed by atoms with Gasteiger partial charge in [-0.05, 0) is 91.7 Å². The summed E-state index contributed by atoms with van der Waals surface area (Å²) >= 11 is 9.14. The molecule has 1 heterocycles. The molecule has 17 heavy (non-hydrogen) atoms. The van der Waals surface area contributed by atoms with Crippen LogP contribution in [0, 0.1) is 3.57 Å². The Morgan fingerprint density at radius 2 is 2.00 bits per heavy atom. The minimum Gasteiger partial charge on any atom is -0.452 e. The molecule has 1 N–H and O–H groups in total. The number of hydrogen-bond acceptors (Lipinski definition) is 2. The van der Waals surface area contributed by atoms with Crippen molar-refractivity contribution in [3.63, 3.8) is 0 Å². The number of halogens is 3. The molecule has 0 fully saturated rings. The monoisotopic (exact) mass is 469 g/mol. The van der Waals surface area contributed by atoms with E-state index in [1.807, 2.05) is 12.1 Å². The summed E-state index contributed by atoms with van der Waals surface area (Å²) in [6.45, 7) is 2.07. The molecule has 2 rings (SSSR count). The van der Waals surface area contributed by atoms with E-state index in [0.717, 1.165) is 20.6 Å². The molecule has 1 aromatic heterocycles. The third-order valence-electron chi connectivity index (χ3n) is 2.32. The minimum absolute atomic E-state index is 0.123. The normalized spacial score (nSPS) is 12.5. The molecule has 0 aliphatic heterocycles. The van der Waals surface area contributed by atoms with Crippen LogP contribution < -0.4 is 5.32 Å². The van der Waals surface area contributed by atoms with Gasteiger partial charge in [0.25, 0.3) is 0 Å². The Hall–Kier alpha value is -0.0100. The molecule has 0 aliphatic rings. The zero-order valence-electron chi connectivity index (χ0n) is 9.01. The van der Waals surface area contributed by atoms with Gasteiger partial charge in [-0.25, -0.2) is 0 Å². The SMILES string of the molecule is CC(Nc1ccc(I)cc1Br)c1ccc(Br)o1. The van der Waals surface area contributed by atoms with Gasteiger partial charge < -0.3 is 9.73 Å². The van der Waals surface area contributed by atoms with Gasteiger partial charge in [0.1, 0.15) is 5.76 Å². The molecule has 0 saturated heterocycles. The van der Waals surface area contributed by atoms with Crippen molar-refractivity contribution in [2.45, 2.75) is 13.0 Å². The van der Waals surface area contributed by atoms with Crippen LogP contribution in [0.2, 0.25) is 0 Å². The fraction of sp³-hybridized carbons (Fsp3) is 0.167. The highest BCUT2D eigenvalue weighted by Crippen LogP contribution is 2.29. The first-order valence-electron chi connectivity index (χ1n) is 5.03. The lowest BCUT2D eigenvalue weighted by Gasteiger charge is -2.14. The van der Waals surface area contributed by atoms with E-state index >= 15 is 0 Å². The first-order valence-corrected chi connectivity index (χ1v) is 7.69. The first-order chi connectivity index (χ1) is 8.06. The second-order valence-corrected chi connectivity index (χ2v) is 6.51. The van der Waals surface area contributed by atoms with Crippen LogP contribution in [0.15, 0.2) is 43.9 Å². The van der Waals surface area contributed by atoms with E-state index in [1.165, 1.54) is 3.57 Å². The quantitative estimate of drug-likeness (QED) is 0.592. The maximum Gasteiger partial charge on any atom is 0.169 e. The predicted molar refractivity (Wildman–Crippen MR) is 85.3 cm³/mol. The number of benzene rings is 1. The highest BCUT2D eigenvalue weighted by atomic mass is 127. The topological polar surface area (TPSA) is 25.2 Å². The molecule has 0 bridgehead atoms. The highest BCUT2D eigenvalue weighted by molar-refractivity contribution is 14.1. The minimum atomic E-state index is 0.123. The molecule has 5 heteroatoms. The molecule has 0 aliphatic carbocycles. The third kappa shape index (κ3) is 3.48. The van der Waals surface area contributed by atoms with Gasteiger partial charge >= 0.3 is 0 Å². The fourth-order valence-corrected chi connectivity index (χ4v) is 3.20. The molecule has 2 aromatic rings. The van der Waals surface area contributed by atoms with Gasteiger partial charge in [0.15, 0.2) is 4.67 Å². The van der Waals surface area contributed by atoms with Gasteiger partial charge in [-0.3, -0.25) is 0 Å². The van der Waals surface area contributed by atoms with Gasteiger partial charge in [0.2, 0.25) is 0 Å². The average Bonchev–Trinajstić information content (AvgIpc) is 2.69. The van der Waals surface area contributed by atoms with E-state index < -0.39 is 0 Å². The Balaban J connectivity index is 2.15. The van der Waals surface area contributed by atoms with Crippen LogP contribution in [0.1, 0.15) is 18.7 Å². The lowest BCUT2D eigenvalue weighted by molar-refractivity contribution is 0.471. The summed E-state index contributed by atoms with van der Waals surface area (Å²) in [7, 11) is 0. The molecular formula is C12H10Br2INO. The molecule has 1 unspecified atom stereocenters. The van der Waals surface area contributed by atoms with Crippen LogP contribution in [-0.2, 0) is 0 Å². The van der Waals surface area contributed by atoms with Crippen molar-refractivity contribution in [2.75, 3.05) is 5.32 Å². The number of rotatable bonds is 3. The predicted octanol–water partition coefficient (Wildman–Crippen LogP) is 5.58. The van der Waals surface area contributed by atoms with Crippen LogP contribution in [0.5, 0.6) is 0 Å². The molecule has 0 saturated carbocycles. The standard InChI is InChI=1S/C12H10Br2INO/c1-7(11-4-5-12(14)17-11)16-10-3-2-8(15)6-9(10)13/h2-7,16H,1H3. The van der Waals surface area contributed by atoms with Crippen molar-refractivity contribution in [3.8, 4) is 0 Å². The Kier molecular flexibility index (Phi) is 4.54. The van der Waals surface area contributed by atoms with Gasteiger partial charge in [-0.2, -0.15) is 0 Å². The van der Waals surface area contributed by atoms with E-state index in [2.05, 4.69) is 84.9 Å². The van der Waals surface area contributed by atoms with E-state index in [4.69, 9.17) is 4.42 Å². The number of nitrogens with one attached hydrogen (secondary N) is 1. The maximum absolute atomic E-state index is 5.52.